The van der Waals surface area contributed by atoms with Crippen molar-refractivity contribution >= 4 is 29.2 Å². The fraction of sp³-hybridized carbons (Fsp3) is 0.643. The molecule has 1 amide bonds. The molecule has 0 aromatic carbocycles. The first-order valence-corrected chi connectivity index (χ1v) is 14.0. The third-order valence-electron chi connectivity index (χ3n) is 8.92. The lowest BCUT2D eigenvalue weighted by molar-refractivity contribution is -0.124. The molecule has 3 atom stereocenters. The normalized spacial score (nSPS) is 27.3. The Balaban J connectivity index is 1.19. The van der Waals surface area contributed by atoms with E-state index in [1.165, 1.54) is 19.3 Å². The number of fused-ring (bicyclic) bond motifs is 4. The maximum Gasteiger partial charge on any atom is 0.243 e. The molecule has 3 aliphatic heterocycles. The van der Waals surface area contributed by atoms with Crippen molar-refractivity contribution in [1.29, 1.82) is 0 Å². The van der Waals surface area contributed by atoms with E-state index in [1.807, 2.05) is 18.5 Å². The molecule has 9 heteroatoms. The minimum Gasteiger partial charge on any atom is -0.367 e. The molecule has 37 heavy (non-hydrogen) atoms. The van der Waals surface area contributed by atoms with Crippen molar-refractivity contribution in [3.8, 4) is 0 Å². The van der Waals surface area contributed by atoms with Gasteiger partial charge in [0, 0.05) is 55.9 Å². The number of pyridine rings is 1. The number of hydrogen-bond acceptors (Lipinski definition) is 8. The molecule has 3 fully saturated rings. The number of amides is 1. The number of carbonyl (C=O) groups excluding carboxylic acids is 1. The van der Waals surface area contributed by atoms with E-state index in [1.54, 1.807) is 0 Å². The minimum absolute atomic E-state index is 0.0263. The van der Waals surface area contributed by atoms with Crippen LogP contribution in [-0.4, -0.2) is 75.1 Å². The van der Waals surface area contributed by atoms with Gasteiger partial charge in [0.05, 0.1) is 17.4 Å². The molecule has 198 valence electrons. The van der Waals surface area contributed by atoms with Crippen LogP contribution in [0.3, 0.4) is 0 Å². The lowest BCUT2D eigenvalue weighted by atomic mass is 9.78. The highest BCUT2D eigenvalue weighted by Gasteiger charge is 2.51. The highest BCUT2D eigenvalue weighted by molar-refractivity contribution is 5.90. The summed E-state index contributed by atoms with van der Waals surface area (Å²) in [6.45, 7) is 11.9. The summed E-state index contributed by atoms with van der Waals surface area (Å²) in [5.41, 5.74) is 2.18. The molecule has 5 heterocycles. The number of rotatable bonds is 4. The number of nitrogens with one attached hydrogen (secondary N) is 2. The van der Waals surface area contributed by atoms with Crippen LogP contribution in [0, 0.1) is 0 Å². The maximum absolute atomic E-state index is 12.8. The molecule has 1 saturated carbocycles. The zero-order valence-corrected chi connectivity index (χ0v) is 22.6. The van der Waals surface area contributed by atoms with Crippen LogP contribution in [0.5, 0.6) is 0 Å². The average Bonchev–Trinajstić information content (AvgIpc) is 3.27. The molecule has 6 rings (SSSR count). The molecule has 1 aliphatic carbocycles. The molecule has 1 spiro atoms. The van der Waals surface area contributed by atoms with Crippen molar-refractivity contribution in [2.24, 2.45) is 0 Å². The topological polar surface area (TPSA) is 89.5 Å². The highest BCUT2D eigenvalue weighted by Crippen LogP contribution is 2.44. The number of hydrogen-bond donors (Lipinski definition) is 2. The summed E-state index contributed by atoms with van der Waals surface area (Å²) >= 11 is 0. The van der Waals surface area contributed by atoms with E-state index in [9.17, 15) is 4.79 Å². The van der Waals surface area contributed by atoms with Crippen molar-refractivity contribution in [1.82, 2.24) is 25.2 Å². The summed E-state index contributed by atoms with van der Waals surface area (Å²) in [7, 11) is 0. The van der Waals surface area contributed by atoms with Gasteiger partial charge in [-0.25, -0.2) is 9.97 Å². The molecule has 2 aromatic heterocycles. The van der Waals surface area contributed by atoms with Crippen molar-refractivity contribution in [3.63, 3.8) is 0 Å². The Labute approximate surface area is 220 Å². The molecule has 0 radical (unpaired) electrons. The lowest BCUT2D eigenvalue weighted by Crippen LogP contribution is -2.67. The van der Waals surface area contributed by atoms with Crippen molar-refractivity contribution in [2.75, 3.05) is 34.8 Å². The van der Waals surface area contributed by atoms with Gasteiger partial charge in [-0.1, -0.05) is 19.3 Å². The van der Waals surface area contributed by atoms with Crippen molar-refractivity contribution in [2.45, 2.75) is 95.9 Å². The van der Waals surface area contributed by atoms with Crippen LogP contribution in [0.15, 0.2) is 24.5 Å². The van der Waals surface area contributed by atoms with Crippen LogP contribution in [0.1, 0.15) is 65.4 Å². The van der Waals surface area contributed by atoms with E-state index in [-0.39, 0.29) is 17.5 Å². The number of anilines is 4. The van der Waals surface area contributed by atoms with Gasteiger partial charge in [-0.15, -0.1) is 0 Å². The van der Waals surface area contributed by atoms with Crippen molar-refractivity contribution < 1.29 is 4.79 Å². The van der Waals surface area contributed by atoms with Crippen molar-refractivity contribution in [3.05, 3.63) is 30.1 Å². The smallest absolute Gasteiger partial charge is 0.243 e. The van der Waals surface area contributed by atoms with Crippen LogP contribution < -0.4 is 20.4 Å². The second kappa shape index (κ2) is 9.42. The first-order chi connectivity index (χ1) is 17.8. The summed E-state index contributed by atoms with van der Waals surface area (Å²) in [5, 5.41) is 6.50. The van der Waals surface area contributed by atoms with Crippen LogP contribution in [-0.2, 0) is 11.2 Å². The molecule has 1 unspecified atom stereocenters. The molecular formula is C28H40N8O. The monoisotopic (exact) mass is 504 g/mol. The van der Waals surface area contributed by atoms with Gasteiger partial charge in [0.2, 0.25) is 11.9 Å². The number of piperazine rings is 2. The largest absolute Gasteiger partial charge is 0.367 e. The van der Waals surface area contributed by atoms with Crippen LogP contribution in [0.2, 0.25) is 0 Å². The molecular weight excluding hydrogens is 464 g/mol. The zero-order chi connectivity index (χ0) is 25.7. The Morgan fingerprint density at radius 2 is 1.81 bits per heavy atom. The number of carbonyl (C=O) groups is 1. The van der Waals surface area contributed by atoms with E-state index in [2.05, 4.69) is 64.1 Å². The quantitative estimate of drug-likeness (QED) is 0.654. The fourth-order valence-electron chi connectivity index (χ4n) is 7.43. The van der Waals surface area contributed by atoms with E-state index in [4.69, 9.17) is 9.97 Å². The van der Waals surface area contributed by atoms with E-state index < -0.39 is 0 Å². The molecule has 2 aromatic rings. The standard InChI is InChI=1S/C28H40N8O/c1-18(2)35-19(3)15-34(16-20(35)4)22-8-9-24(29-14-22)32-27-30-13-21-12-23-26(37)31-17-28(10-6-5-7-11-28)36(23)25(21)33-27/h8-9,13-14,18-20,23H,5-7,10-12,15-17H2,1-4H3,(H,31,37)(H,29,30,32,33)/t19-,20+,23?. The van der Waals surface area contributed by atoms with E-state index in [0.717, 1.165) is 48.8 Å². The van der Waals surface area contributed by atoms with Gasteiger partial charge in [-0.3, -0.25) is 9.69 Å². The van der Waals surface area contributed by atoms with Gasteiger partial charge in [0.15, 0.2) is 0 Å². The highest BCUT2D eigenvalue weighted by atomic mass is 16.2. The second-order valence-corrected chi connectivity index (χ2v) is 11.8. The predicted octanol–water partition coefficient (Wildman–Crippen LogP) is 3.49. The van der Waals surface area contributed by atoms with Gasteiger partial charge in [0.1, 0.15) is 17.7 Å². The Hall–Kier alpha value is -2.94. The molecule has 2 saturated heterocycles. The van der Waals surface area contributed by atoms with E-state index in [0.29, 0.717) is 37.0 Å². The summed E-state index contributed by atoms with van der Waals surface area (Å²) < 4.78 is 0. The average molecular weight is 505 g/mol. The SMILES string of the molecule is CC(C)N1[C@H](C)CN(c2ccc(Nc3ncc4c(n3)N3C(C4)C(=O)NCC34CCCCC4)nc2)C[C@@H]1C. The lowest BCUT2D eigenvalue weighted by Gasteiger charge is -2.51. The molecule has 9 nitrogen and oxygen atoms in total. The van der Waals surface area contributed by atoms with Gasteiger partial charge in [0.25, 0.3) is 0 Å². The minimum atomic E-state index is -0.176. The Morgan fingerprint density at radius 3 is 2.49 bits per heavy atom. The van der Waals surface area contributed by atoms with Gasteiger partial charge < -0.3 is 20.4 Å². The summed E-state index contributed by atoms with van der Waals surface area (Å²) in [4.78, 5) is 34.4. The fourth-order valence-corrected chi connectivity index (χ4v) is 7.43. The Morgan fingerprint density at radius 1 is 1.05 bits per heavy atom. The molecule has 4 aliphatic rings. The first-order valence-electron chi connectivity index (χ1n) is 14.0. The number of aromatic nitrogens is 3. The molecule has 2 N–H and O–H groups in total. The maximum atomic E-state index is 12.8. The number of nitrogens with zero attached hydrogens (tertiary/aromatic N) is 6. The third-order valence-corrected chi connectivity index (χ3v) is 8.92. The Bertz CT molecular complexity index is 1130. The first kappa shape index (κ1) is 24.4. The van der Waals surface area contributed by atoms with E-state index >= 15 is 0 Å². The van der Waals surface area contributed by atoms with Crippen LogP contribution in [0.4, 0.5) is 23.3 Å². The van der Waals surface area contributed by atoms with Crippen LogP contribution >= 0.6 is 0 Å². The predicted molar refractivity (Wildman–Crippen MR) is 146 cm³/mol. The molecule has 0 bridgehead atoms. The Kier molecular flexibility index (Phi) is 6.21. The van der Waals surface area contributed by atoms with Gasteiger partial charge >= 0.3 is 0 Å². The van der Waals surface area contributed by atoms with Crippen LogP contribution in [0.25, 0.3) is 0 Å². The third kappa shape index (κ3) is 4.31. The summed E-state index contributed by atoms with van der Waals surface area (Å²) in [5.74, 6) is 2.29. The summed E-state index contributed by atoms with van der Waals surface area (Å²) in [6, 6.07) is 5.51. The second-order valence-electron chi connectivity index (χ2n) is 11.8. The van der Waals surface area contributed by atoms with Gasteiger partial charge in [-0.2, -0.15) is 4.98 Å². The van der Waals surface area contributed by atoms with Gasteiger partial charge in [-0.05, 0) is 52.7 Å². The zero-order valence-electron chi connectivity index (χ0n) is 22.6. The summed E-state index contributed by atoms with van der Waals surface area (Å²) in [6.07, 6.45) is 10.4.